The molecule has 0 aliphatic heterocycles. The second kappa shape index (κ2) is 6.68. The predicted octanol–water partition coefficient (Wildman–Crippen LogP) is 0.0557. The third kappa shape index (κ3) is 5.03. The second-order valence-corrected chi connectivity index (χ2v) is 3.55. The van der Waals surface area contributed by atoms with Crippen molar-refractivity contribution in [2.24, 2.45) is 11.7 Å². The average molecular weight is 224 g/mol. The number of aliphatic hydroxyl groups excluding tert-OH is 1. The van der Waals surface area contributed by atoms with Crippen LogP contribution < -0.4 is 5.73 Å². The van der Waals surface area contributed by atoms with Gasteiger partial charge in [-0.25, -0.2) is 8.78 Å². The summed E-state index contributed by atoms with van der Waals surface area (Å²) >= 11 is 0. The number of carbonyl (C=O) groups excluding carboxylic acids is 1. The van der Waals surface area contributed by atoms with E-state index in [2.05, 4.69) is 0 Å². The zero-order chi connectivity index (χ0) is 12.0. The van der Waals surface area contributed by atoms with Crippen LogP contribution >= 0.6 is 0 Å². The van der Waals surface area contributed by atoms with Gasteiger partial charge < -0.3 is 15.7 Å². The maximum absolute atomic E-state index is 12.1. The first-order valence-corrected chi connectivity index (χ1v) is 4.83. The molecule has 4 nitrogen and oxygen atoms in total. The van der Waals surface area contributed by atoms with Gasteiger partial charge in [-0.1, -0.05) is 6.92 Å². The van der Waals surface area contributed by atoms with Crippen molar-refractivity contribution < 1.29 is 18.7 Å². The number of rotatable bonds is 6. The monoisotopic (exact) mass is 224 g/mol. The molecule has 0 aromatic rings. The number of aliphatic hydroxyl groups is 1. The van der Waals surface area contributed by atoms with E-state index in [0.717, 1.165) is 4.90 Å². The number of halogens is 2. The third-order valence-corrected chi connectivity index (χ3v) is 2.22. The summed E-state index contributed by atoms with van der Waals surface area (Å²) in [6.07, 6.45) is -2.60. The largest absolute Gasteiger partial charge is 0.395 e. The van der Waals surface area contributed by atoms with Crippen molar-refractivity contribution in [1.29, 1.82) is 0 Å². The minimum atomic E-state index is -2.60. The van der Waals surface area contributed by atoms with Crippen LogP contribution in [0.4, 0.5) is 8.78 Å². The lowest BCUT2D eigenvalue weighted by Crippen LogP contribution is -2.44. The Morgan fingerprint density at radius 2 is 2.00 bits per heavy atom. The van der Waals surface area contributed by atoms with E-state index in [-0.39, 0.29) is 13.2 Å². The summed E-state index contributed by atoms with van der Waals surface area (Å²) in [6, 6.07) is -0.392. The van der Waals surface area contributed by atoms with Crippen LogP contribution in [0.2, 0.25) is 0 Å². The topological polar surface area (TPSA) is 66.6 Å². The SMILES string of the molecule is CC(N)C(C)C(=O)N(CCO)CC(F)F. The van der Waals surface area contributed by atoms with E-state index >= 15 is 0 Å². The maximum Gasteiger partial charge on any atom is 0.255 e. The zero-order valence-corrected chi connectivity index (χ0v) is 8.99. The van der Waals surface area contributed by atoms with Crippen molar-refractivity contribution in [1.82, 2.24) is 4.90 Å². The van der Waals surface area contributed by atoms with Gasteiger partial charge in [0.2, 0.25) is 5.91 Å². The van der Waals surface area contributed by atoms with Crippen LogP contribution in [0.25, 0.3) is 0 Å². The molecule has 0 fully saturated rings. The molecule has 0 radical (unpaired) electrons. The Morgan fingerprint density at radius 1 is 1.47 bits per heavy atom. The molecule has 0 aliphatic carbocycles. The first kappa shape index (κ1) is 14.2. The Balaban J connectivity index is 4.40. The van der Waals surface area contributed by atoms with E-state index in [4.69, 9.17) is 10.8 Å². The van der Waals surface area contributed by atoms with Gasteiger partial charge in [-0.3, -0.25) is 4.79 Å². The van der Waals surface area contributed by atoms with Crippen LogP contribution in [0.5, 0.6) is 0 Å². The molecule has 0 spiro atoms. The fourth-order valence-electron chi connectivity index (χ4n) is 1.09. The Kier molecular flexibility index (Phi) is 6.35. The Bertz CT molecular complexity index is 201. The van der Waals surface area contributed by atoms with Gasteiger partial charge in [0.25, 0.3) is 6.43 Å². The summed E-state index contributed by atoms with van der Waals surface area (Å²) < 4.78 is 24.3. The third-order valence-electron chi connectivity index (χ3n) is 2.22. The minimum absolute atomic E-state index is 0.0831. The highest BCUT2D eigenvalue weighted by molar-refractivity contribution is 5.79. The molecule has 2 unspecified atom stereocenters. The fraction of sp³-hybridized carbons (Fsp3) is 0.889. The fourth-order valence-corrected chi connectivity index (χ4v) is 1.09. The van der Waals surface area contributed by atoms with Crippen LogP contribution in [0, 0.1) is 5.92 Å². The van der Waals surface area contributed by atoms with E-state index in [1.807, 2.05) is 0 Å². The number of amides is 1. The molecule has 6 heteroatoms. The van der Waals surface area contributed by atoms with Crippen molar-refractivity contribution >= 4 is 5.91 Å². The maximum atomic E-state index is 12.1. The second-order valence-electron chi connectivity index (χ2n) is 3.55. The number of hydrogen-bond donors (Lipinski definition) is 2. The average Bonchev–Trinajstić information content (AvgIpc) is 2.14. The Morgan fingerprint density at radius 3 is 2.33 bits per heavy atom. The van der Waals surface area contributed by atoms with E-state index < -0.39 is 30.8 Å². The number of nitrogens with two attached hydrogens (primary N) is 1. The molecule has 15 heavy (non-hydrogen) atoms. The first-order chi connectivity index (χ1) is 6.90. The summed E-state index contributed by atoms with van der Waals surface area (Å²) in [5.74, 6) is -0.963. The van der Waals surface area contributed by atoms with Crippen molar-refractivity contribution in [2.75, 3.05) is 19.7 Å². The highest BCUT2D eigenvalue weighted by atomic mass is 19.3. The molecule has 2 atom stereocenters. The molecule has 0 aromatic carbocycles. The molecular weight excluding hydrogens is 206 g/mol. The Labute approximate surface area is 88.0 Å². The molecule has 3 N–H and O–H groups in total. The van der Waals surface area contributed by atoms with Gasteiger partial charge in [0.1, 0.15) is 0 Å². The highest BCUT2D eigenvalue weighted by Gasteiger charge is 2.24. The summed E-state index contributed by atoms with van der Waals surface area (Å²) in [4.78, 5) is 12.6. The molecule has 90 valence electrons. The number of alkyl halides is 2. The number of hydrogen-bond acceptors (Lipinski definition) is 3. The minimum Gasteiger partial charge on any atom is -0.395 e. The van der Waals surface area contributed by atoms with Crippen molar-refractivity contribution in [2.45, 2.75) is 26.3 Å². The lowest BCUT2D eigenvalue weighted by atomic mass is 10.0. The van der Waals surface area contributed by atoms with Gasteiger partial charge in [-0.05, 0) is 6.92 Å². The van der Waals surface area contributed by atoms with Gasteiger partial charge in [-0.2, -0.15) is 0 Å². The smallest absolute Gasteiger partial charge is 0.255 e. The zero-order valence-electron chi connectivity index (χ0n) is 8.99. The van der Waals surface area contributed by atoms with E-state index in [1.165, 1.54) is 0 Å². The molecule has 0 heterocycles. The molecule has 0 bridgehead atoms. The molecule has 0 aliphatic rings. The van der Waals surface area contributed by atoms with Crippen molar-refractivity contribution in [3.63, 3.8) is 0 Å². The summed E-state index contributed by atoms with van der Waals surface area (Å²) in [5, 5.41) is 8.65. The van der Waals surface area contributed by atoms with Crippen LogP contribution in [0.1, 0.15) is 13.8 Å². The van der Waals surface area contributed by atoms with Gasteiger partial charge >= 0.3 is 0 Å². The van der Waals surface area contributed by atoms with E-state index in [1.54, 1.807) is 13.8 Å². The summed E-state index contributed by atoms with van der Waals surface area (Å²) in [5.41, 5.74) is 5.50. The van der Waals surface area contributed by atoms with E-state index in [9.17, 15) is 13.6 Å². The number of nitrogens with zero attached hydrogens (tertiary/aromatic N) is 1. The quantitative estimate of drug-likeness (QED) is 0.670. The lowest BCUT2D eigenvalue weighted by Gasteiger charge is -2.26. The lowest BCUT2D eigenvalue weighted by molar-refractivity contribution is -0.138. The van der Waals surface area contributed by atoms with Crippen LogP contribution in [0.3, 0.4) is 0 Å². The van der Waals surface area contributed by atoms with Crippen molar-refractivity contribution in [3.8, 4) is 0 Å². The molecule has 1 amide bonds. The molecular formula is C9H18F2N2O2. The van der Waals surface area contributed by atoms with E-state index in [0.29, 0.717) is 0 Å². The van der Waals surface area contributed by atoms with Gasteiger partial charge in [0, 0.05) is 12.6 Å². The summed E-state index contributed by atoms with van der Waals surface area (Å²) in [7, 11) is 0. The van der Waals surface area contributed by atoms with Crippen LogP contribution in [-0.2, 0) is 4.79 Å². The number of carbonyl (C=O) groups is 1. The Hall–Kier alpha value is -0.750. The molecule has 0 aromatic heterocycles. The summed E-state index contributed by atoms with van der Waals surface area (Å²) in [6.45, 7) is 2.16. The highest BCUT2D eigenvalue weighted by Crippen LogP contribution is 2.08. The van der Waals surface area contributed by atoms with Gasteiger partial charge in [0.05, 0.1) is 19.1 Å². The molecule has 0 saturated heterocycles. The van der Waals surface area contributed by atoms with Crippen LogP contribution in [0.15, 0.2) is 0 Å². The predicted molar refractivity (Wildman–Crippen MR) is 52.5 cm³/mol. The van der Waals surface area contributed by atoms with Crippen molar-refractivity contribution in [3.05, 3.63) is 0 Å². The normalized spacial score (nSPS) is 15.1. The first-order valence-electron chi connectivity index (χ1n) is 4.83. The van der Waals surface area contributed by atoms with Gasteiger partial charge in [0.15, 0.2) is 0 Å². The molecule has 0 saturated carbocycles. The molecule has 0 rings (SSSR count). The standard InChI is InChI=1S/C9H18F2N2O2/c1-6(7(2)12)9(15)13(3-4-14)5-8(10)11/h6-8,14H,3-5,12H2,1-2H3. The van der Waals surface area contributed by atoms with Gasteiger partial charge in [-0.15, -0.1) is 0 Å². The van der Waals surface area contributed by atoms with Crippen LogP contribution in [-0.4, -0.2) is 48.1 Å².